The fraction of sp³-hybridized carbons (Fsp3) is 0.324. The second-order valence-corrected chi connectivity index (χ2v) is 12.3. The predicted octanol–water partition coefficient (Wildman–Crippen LogP) is 3.47. The highest BCUT2D eigenvalue weighted by Gasteiger charge is 2.30. The molecule has 0 aliphatic carbocycles. The maximum Gasteiger partial charge on any atom is 0.299 e. The molecule has 2 aliphatic heterocycles. The van der Waals surface area contributed by atoms with Crippen LogP contribution >= 0.6 is 11.6 Å². The summed E-state index contributed by atoms with van der Waals surface area (Å²) in [6.45, 7) is 5.55. The lowest BCUT2D eigenvalue weighted by atomic mass is 10.1. The molecular weight excluding hydrogens is 650 g/mol. The van der Waals surface area contributed by atoms with Crippen molar-refractivity contribution in [1.82, 2.24) is 34.0 Å². The van der Waals surface area contributed by atoms with Crippen molar-refractivity contribution in [2.24, 2.45) is 0 Å². The number of nitrogens with zero attached hydrogens (tertiary/aromatic N) is 8. The minimum Gasteiger partial charge on any atom is -0.504 e. The first kappa shape index (κ1) is 32.2. The van der Waals surface area contributed by atoms with E-state index in [4.69, 9.17) is 21.3 Å². The Labute approximate surface area is 285 Å². The van der Waals surface area contributed by atoms with Gasteiger partial charge >= 0.3 is 0 Å². The van der Waals surface area contributed by atoms with Crippen LogP contribution < -0.4 is 15.8 Å². The Bertz CT molecular complexity index is 2200. The Kier molecular flexibility index (Phi) is 8.73. The lowest BCUT2D eigenvalue weighted by Gasteiger charge is -2.36. The second-order valence-electron chi connectivity index (χ2n) is 11.9. The molecule has 5 heterocycles. The number of hydrogen-bond acceptors (Lipinski definition) is 10. The summed E-state index contributed by atoms with van der Waals surface area (Å²) in [5, 5.41) is 20.3. The summed E-state index contributed by atoms with van der Waals surface area (Å²) in [5.41, 5.74) is 2.39. The molecule has 0 unspecified atom stereocenters. The summed E-state index contributed by atoms with van der Waals surface area (Å²) in [6, 6.07) is 11.1. The van der Waals surface area contributed by atoms with E-state index in [-0.39, 0.29) is 48.3 Å². The van der Waals surface area contributed by atoms with Crippen LogP contribution in [0.25, 0.3) is 22.1 Å². The van der Waals surface area contributed by atoms with E-state index >= 15 is 0 Å². The average Bonchev–Trinajstić information content (AvgIpc) is 3.58. The number of carbonyl (C=O) groups excluding carboxylic acids is 2. The minimum atomic E-state index is -0.414. The summed E-state index contributed by atoms with van der Waals surface area (Å²) in [6.07, 6.45) is 4.17. The van der Waals surface area contributed by atoms with Crippen molar-refractivity contribution in [2.75, 3.05) is 49.6 Å². The largest absolute Gasteiger partial charge is 0.504 e. The molecule has 7 rings (SSSR count). The molecular formula is C34H34ClN9O5. The van der Waals surface area contributed by atoms with E-state index in [1.807, 2.05) is 42.2 Å². The van der Waals surface area contributed by atoms with Gasteiger partial charge in [0.15, 0.2) is 17.3 Å². The fourth-order valence-corrected chi connectivity index (χ4v) is 6.63. The van der Waals surface area contributed by atoms with Crippen LogP contribution in [0.1, 0.15) is 41.0 Å². The van der Waals surface area contributed by atoms with Crippen LogP contribution in [0, 0.1) is 6.92 Å². The number of aromatic nitrogens is 6. The highest BCUT2D eigenvalue weighted by molar-refractivity contribution is 6.36. The van der Waals surface area contributed by atoms with Crippen LogP contribution in [0.15, 0.2) is 53.6 Å². The van der Waals surface area contributed by atoms with Gasteiger partial charge in [-0.15, -0.1) is 5.10 Å². The van der Waals surface area contributed by atoms with Gasteiger partial charge in [0.1, 0.15) is 18.6 Å². The quantitative estimate of drug-likeness (QED) is 0.260. The number of hydrogen-bond donors (Lipinski definition) is 2. The van der Waals surface area contributed by atoms with Gasteiger partial charge in [-0.25, -0.2) is 9.97 Å². The topological polar surface area (TPSA) is 160 Å². The molecule has 2 aliphatic rings. The second kappa shape index (κ2) is 13.3. The molecule has 2 N–H and O–H groups in total. The number of ether oxygens (including phenoxy) is 1. The molecule has 0 spiro atoms. The van der Waals surface area contributed by atoms with Crippen molar-refractivity contribution in [1.29, 1.82) is 0 Å². The fourth-order valence-electron chi connectivity index (χ4n) is 6.41. The number of benzene rings is 2. The number of fused-ring (bicyclic) bond motifs is 2. The molecule has 49 heavy (non-hydrogen) atoms. The Morgan fingerprint density at radius 3 is 2.57 bits per heavy atom. The summed E-state index contributed by atoms with van der Waals surface area (Å²) >= 11 is 6.42. The maximum absolute atomic E-state index is 14.2. The Morgan fingerprint density at radius 2 is 1.84 bits per heavy atom. The third-order valence-corrected chi connectivity index (χ3v) is 9.28. The van der Waals surface area contributed by atoms with Crippen LogP contribution in [0.5, 0.6) is 5.75 Å². The zero-order chi connectivity index (χ0) is 34.2. The number of carbonyl (C=O) groups is 2. The normalized spacial score (nSPS) is 15.1. The van der Waals surface area contributed by atoms with Crippen LogP contribution in [-0.4, -0.2) is 90.3 Å². The molecule has 0 atom stereocenters. The maximum atomic E-state index is 14.2. The van der Waals surface area contributed by atoms with Gasteiger partial charge in [0, 0.05) is 47.7 Å². The monoisotopic (exact) mass is 683 g/mol. The molecule has 1 fully saturated rings. The number of halogens is 1. The molecule has 0 bridgehead atoms. The lowest BCUT2D eigenvalue weighted by Crippen LogP contribution is -2.51. The van der Waals surface area contributed by atoms with E-state index in [1.54, 1.807) is 28.5 Å². The van der Waals surface area contributed by atoms with Crippen molar-refractivity contribution < 1.29 is 19.4 Å². The first-order valence-electron chi connectivity index (χ1n) is 16.1. The summed E-state index contributed by atoms with van der Waals surface area (Å²) in [4.78, 5) is 57.5. The van der Waals surface area contributed by atoms with E-state index in [9.17, 15) is 19.5 Å². The summed E-state index contributed by atoms with van der Waals surface area (Å²) in [5.74, 6) is -0.310. The molecule has 0 radical (unpaired) electrons. The van der Waals surface area contributed by atoms with E-state index in [1.165, 1.54) is 10.8 Å². The van der Waals surface area contributed by atoms with Gasteiger partial charge in [-0.3, -0.25) is 14.4 Å². The highest BCUT2D eigenvalue weighted by Crippen LogP contribution is 2.30. The van der Waals surface area contributed by atoms with Gasteiger partial charge in [-0.1, -0.05) is 48.9 Å². The number of nitrogens with one attached hydrogen (secondary N) is 1. The summed E-state index contributed by atoms with van der Waals surface area (Å²) < 4.78 is 8.49. The first-order chi connectivity index (χ1) is 23.7. The Hall–Kier alpha value is -5.34. The molecule has 2 aromatic carbocycles. The molecule has 15 heteroatoms. The van der Waals surface area contributed by atoms with Gasteiger partial charge in [0.05, 0.1) is 24.6 Å². The third-order valence-electron chi connectivity index (χ3n) is 8.95. The third kappa shape index (κ3) is 5.97. The number of aromatic hydroxyl groups is 1. The number of anilines is 2. The zero-order valence-corrected chi connectivity index (χ0v) is 27.8. The number of rotatable bonds is 7. The van der Waals surface area contributed by atoms with Crippen molar-refractivity contribution in [3.05, 3.63) is 87.1 Å². The molecule has 0 saturated carbocycles. The number of aryl methyl sites for hydroxylation is 1. The van der Waals surface area contributed by atoms with Crippen molar-refractivity contribution >= 4 is 56.9 Å². The van der Waals surface area contributed by atoms with Crippen LogP contribution in [0.2, 0.25) is 5.02 Å². The zero-order valence-electron chi connectivity index (χ0n) is 27.0. The van der Waals surface area contributed by atoms with E-state index in [2.05, 4.69) is 20.4 Å². The van der Waals surface area contributed by atoms with Crippen LogP contribution in [-0.2, 0) is 22.5 Å². The van der Waals surface area contributed by atoms with Crippen LogP contribution in [0.4, 0.5) is 11.4 Å². The molecule has 252 valence electrons. The Morgan fingerprint density at radius 1 is 1.06 bits per heavy atom. The average molecular weight is 684 g/mol. The SMILES string of the molecule is CCc1c(N2CCN(C(=O)c3ncnc(C)c3O)CC2)c(=O)n2nc(C3=CCOCC3)nc2n1CC(=O)Nc1ccc(Cl)c2ccccc12. The van der Waals surface area contributed by atoms with Crippen molar-refractivity contribution in [3.63, 3.8) is 0 Å². The van der Waals surface area contributed by atoms with E-state index < -0.39 is 5.91 Å². The van der Waals surface area contributed by atoms with Gasteiger partial charge in [0.2, 0.25) is 11.7 Å². The molecule has 1 saturated heterocycles. The predicted molar refractivity (Wildman–Crippen MR) is 184 cm³/mol. The minimum absolute atomic E-state index is 0.0592. The van der Waals surface area contributed by atoms with Crippen molar-refractivity contribution in [2.45, 2.75) is 33.2 Å². The van der Waals surface area contributed by atoms with Crippen molar-refractivity contribution in [3.8, 4) is 5.75 Å². The van der Waals surface area contributed by atoms with E-state index in [0.717, 1.165) is 16.3 Å². The van der Waals surface area contributed by atoms with E-state index in [0.29, 0.717) is 72.8 Å². The standard InChI is InChI=1S/C34H34ClN9O5/c1-3-26-29(41-12-14-42(15-13-41)32(47)28-30(46)20(2)36-19-37-28)33(48)44-34(39-31(40-44)21-10-16-49-17-11-21)43(26)18-27(45)38-25-9-8-24(35)22-6-4-5-7-23(22)25/h4-10,19,46H,3,11-18H2,1-2H3,(H,38,45). The number of amides is 2. The van der Waals surface area contributed by atoms with Gasteiger partial charge < -0.3 is 29.5 Å². The smallest absolute Gasteiger partial charge is 0.299 e. The molecule has 2 amide bonds. The van der Waals surface area contributed by atoms with Gasteiger partial charge in [-0.05, 0) is 37.5 Å². The van der Waals surface area contributed by atoms with Gasteiger partial charge in [-0.2, -0.15) is 9.50 Å². The Balaban J connectivity index is 1.25. The first-order valence-corrected chi connectivity index (χ1v) is 16.4. The molecule has 5 aromatic rings. The van der Waals surface area contributed by atoms with Gasteiger partial charge in [0.25, 0.3) is 11.5 Å². The summed E-state index contributed by atoms with van der Waals surface area (Å²) in [7, 11) is 0. The molecule has 3 aromatic heterocycles. The van der Waals surface area contributed by atoms with Crippen LogP contribution in [0.3, 0.4) is 0 Å². The lowest BCUT2D eigenvalue weighted by molar-refractivity contribution is -0.116. The number of piperazine rings is 1. The molecule has 14 nitrogen and oxygen atoms in total. The highest BCUT2D eigenvalue weighted by atomic mass is 35.5.